The van der Waals surface area contributed by atoms with Crippen LogP contribution in [-0.2, 0) is 4.79 Å². The van der Waals surface area contributed by atoms with Gasteiger partial charge < -0.3 is 5.11 Å². The van der Waals surface area contributed by atoms with E-state index in [0.29, 0.717) is 17.6 Å². The van der Waals surface area contributed by atoms with Crippen molar-refractivity contribution in [1.82, 2.24) is 4.90 Å². The van der Waals surface area contributed by atoms with Crippen LogP contribution < -0.4 is 0 Å². The standard InChI is InChI=1S/C16H23NO2/c1-10-5-11-6-15(19)13-3-2-4-17-9-12(18)7-14(11)16(13,17)8-10/h7,10-13,18H,2-6,8-9H2,1H3/t10-,11+,12+,13-,16+/m1/s1. The monoisotopic (exact) mass is 261 g/mol. The van der Waals surface area contributed by atoms with Crippen LogP contribution >= 0.6 is 0 Å². The van der Waals surface area contributed by atoms with E-state index in [0.717, 1.165) is 45.2 Å². The molecule has 4 aliphatic rings. The molecule has 0 unspecified atom stereocenters. The van der Waals surface area contributed by atoms with Crippen molar-refractivity contribution in [2.75, 3.05) is 13.1 Å². The van der Waals surface area contributed by atoms with Crippen LogP contribution in [-0.4, -0.2) is 40.5 Å². The molecule has 0 amide bonds. The summed E-state index contributed by atoms with van der Waals surface area (Å²) in [6, 6.07) is 0. The third kappa shape index (κ3) is 1.49. The Hall–Kier alpha value is -0.670. The average molecular weight is 261 g/mol. The molecule has 19 heavy (non-hydrogen) atoms. The highest BCUT2D eigenvalue weighted by molar-refractivity contribution is 5.86. The molecule has 4 rings (SSSR count). The number of ketones is 1. The molecule has 3 fully saturated rings. The van der Waals surface area contributed by atoms with Gasteiger partial charge in [-0.15, -0.1) is 0 Å². The van der Waals surface area contributed by atoms with Crippen LogP contribution in [0.15, 0.2) is 11.6 Å². The van der Waals surface area contributed by atoms with Crippen LogP contribution in [0.1, 0.15) is 39.0 Å². The Morgan fingerprint density at radius 3 is 3.16 bits per heavy atom. The third-order valence-electron chi connectivity index (χ3n) is 5.96. The minimum Gasteiger partial charge on any atom is -0.388 e. The maximum atomic E-state index is 12.5. The van der Waals surface area contributed by atoms with E-state index in [-0.39, 0.29) is 17.6 Å². The van der Waals surface area contributed by atoms with Crippen molar-refractivity contribution in [2.45, 2.75) is 50.7 Å². The van der Waals surface area contributed by atoms with Crippen molar-refractivity contribution < 1.29 is 9.90 Å². The number of piperidine rings is 1. The Kier molecular flexibility index (Phi) is 2.50. The summed E-state index contributed by atoms with van der Waals surface area (Å²) in [7, 11) is 0. The molecule has 1 N–H and O–H groups in total. The number of aliphatic hydroxyl groups excluding tert-OH is 1. The Bertz CT molecular complexity index is 458. The first-order valence-corrected chi connectivity index (χ1v) is 7.79. The fourth-order valence-electron chi connectivity index (χ4n) is 5.52. The molecule has 2 aliphatic heterocycles. The SMILES string of the molecule is C[C@@H]1C[C@H]2CC(=O)[C@H]3CCCN4C[C@@H](O)C=C2[C@]34C1. The summed E-state index contributed by atoms with van der Waals surface area (Å²) >= 11 is 0. The smallest absolute Gasteiger partial charge is 0.138 e. The van der Waals surface area contributed by atoms with Crippen molar-refractivity contribution in [1.29, 1.82) is 0 Å². The van der Waals surface area contributed by atoms with Gasteiger partial charge in [-0.1, -0.05) is 13.0 Å². The molecular formula is C16H23NO2. The van der Waals surface area contributed by atoms with Gasteiger partial charge in [0.15, 0.2) is 0 Å². The molecule has 0 aromatic carbocycles. The Morgan fingerprint density at radius 1 is 1.47 bits per heavy atom. The minimum atomic E-state index is -0.328. The van der Waals surface area contributed by atoms with Crippen molar-refractivity contribution in [3.8, 4) is 0 Å². The predicted molar refractivity (Wildman–Crippen MR) is 72.6 cm³/mol. The fraction of sp³-hybridized carbons (Fsp3) is 0.812. The molecule has 0 aromatic rings. The molecular weight excluding hydrogens is 238 g/mol. The van der Waals surface area contributed by atoms with E-state index in [1.165, 1.54) is 5.57 Å². The van der Waals surface area contributed by atoms with E-state index in [9.17, 15) is 9.90 Å². The first-order valence-electron chi connectivity index (χ1n) is 7.79. The number of Topliss-reactive ketones (excluding diaryl/α,β-unsaturated/α-hetero) is 1. The molecule has 3 heteroatoms. The molecule has 2 saturated carbocycles. The van der Waals surface area contributed by atoms with Crippen LogP contribution in [0.2, 0.25) is 0 Å². The molecule has 3 nitrogen and oxygen atoms in total. The number of nitrogens with zero attached hydrogens (tertiary/aromatic N) is 1. The van der Waals surface area contributed by atoms with Crippen LogP contribution in [0.5, 0.6) is 0 Å². The zero-order chi connectivity index (χ0) is 13.2. The summed E-state index contributed by atoms with van der Waals surface area (Å²) < 4.78 is 0. The quantitative estimate of drug-likeness (QED) is 0.675. The molecule has 1 saturated heterocycles. The van der Waals surface area contributed by atoms with Gasteiger partial charge in [0.25, 0.3) is 0 Å². The summed E-state index contributed by atoms with van der Waals surface area (Å²) in [5, 5.41) is 10.1. The lowest BCUT2D eigenvalue weighted by atomic mass is 9.52. The molecule has 2 aliphatic carbocycles. The summed E-state index contributed by atoms with van der Waals surface area (Å²) in [6.45, 7) is 4.12. The fourth-order valence-corrected chi connectivity index (χ4v) is 5.52. The molecule has 0 radical (unpaired) electrons. The van der Waals surface area contributed by atoms with Gasteiger partial charge in [0, 0.05) is 18.9 Å². The van der Waals surface area contributed by atoms with Crippen LogP contribution in [0.25, 0.3) is 0 Å². The number of hydrogen-bond acceptors (Lipinski definition) is 3. The van der Waals surface area contributed by atoms with Crippen LogP contribution in [0.3, 0.4) is 0 Å². The van der Waals surface area contributed by atoms with E-state index in [2.05, 4.69) is 17.9 Å². The van der Waals surface area contributed by atoms with E-state index >= 15 is 0 Å². The van der Waals surface area contributed by atoms with Gasteiger partial charge in [0.2, 0.25) is 0 Å². The lowest BCUT2D eigenvalue weighted by Crippen LogP contribution is -2.68. The van der Waals surface area contributed by atoms with Crippen molar-refractivity contribution >= 4 is 5.78 Å². The number of carbonyl (C=O) groups excluding carboxylic acids is 1. The second kappa shape index (κ2) is 3.92. The van der Waals surface area contributed by atoms with Gasteiger partial charge in [-0.3, -0.25) is 9.69 Å². The first-order chi connectivity index (χ1) is 9.11. The van der Waals surface area contributed by atoms with E-state index < -0.39 is 0 Å². The number of rotatable bonds is 0. The first kappa shape index (κ1) is 12.1. The average Bonchev–Trinajstić information content (AvgIpc) is 2.34. The minimum absolute atomic E-state index is 0.00481. The second-order valence-corrected chi connectivity index (χ2v) is 7.17. The molecule has 104 valence electrons. The summed E-state index contributed by atoms with van der Waals surface area (Å²) in [5.74, 6) is 1.81. The summed E-state index contributed by atoms with van der Waals surface area (Å²) in [6.07, 6.45) is 6.93. The number of carbonyl (C=O) groups is 1. The lowest BCUT2D eigenvalue weighted by molar-refractivity contribution is -0.141. The van der Waals surface area contributed by atoms with Gasteiger partial charge >= 0.3 is 0 Å². The second-order valence-electron chi connectivity index (χ2n) is 7.17. The highest BCUT2D eigenvalue weighted by Gasteiger charge is 2.60. The molecule has 5 atom stereocenters. The van der Waals surface area contributed by atoms with Crippen molar-refractivity contribution in [3.05, 3.63) is 11.6 Å². The zero-order valence-corrected chi connectivity index (χ0v) is 11.6. The third-order valence-corrected chi connectivity index (χ3v) is 5.96. The largest absolute Gasteiger partial charge is 0.388 e. The Labute approximate surface area is 114 Å². The topological polar surface area (TPSA) is 40.5 Å². The van der Waals surface area contributed by atoms with Crippen molar-refractivity contribution in [3.63, 3.8) is 0 Å². The lowest BCUT2D eigenvalue weighted by Gasteiger charge is -2.62. The number of β-amino-alcohol motifs (C(OH)–C–C–N with tert-alkyl or cyclic N) is 1. The van der Waals surface area contributed by atoms with Crippen LogP contribution in [0.4, 0.5) is 0 Å². The van der Waals surface area contributed by atoms with Gasteiger partial charge in [0.05, 0.1) is 11.6 Å². The molecule has 2 bridgehead atoms. The highest BCUT2D eigenvalue weighted by Crippen LogP contribution is 2.57. The molecule has 1 spiro atoms. The normalized spacial score (nSPS) is 49.6. The maximum Gasteiger partial charge on any atom is 0.138 e. The Morgan fingerprint density at radius 2 is 2.32 bits per heavy atom. The van der Waals surface area contributed by atoms with Gasteiger partial charge in [-0.25, -0.2) is 0 Å². The van der Waals surface area contributed by atoms with Gasteiger partial charge in [-0.2, -0.15) is 0 Å². The van der Waals surface area contributed by atoms with Gasteiger partial charge in [-0.05, 0) is 49.6 Å². The van der Waals surface area contributed by atoms with Gasteiger partial charge in [0.1, 0.15) is 5.78 Å². The number of hydrogen-bond donors (Lipinski definition) is 1. The predicted octanol–water partition coefficient (Wildman–Crippen LogP) is 1.76. The van der Waals surface area contributed by atoms with E-state index in [1.807, 2.05) is 0 Å². The Balaban J connectivity index is 1.89. The van der Waals surface area contributed by atoms with E-state index in [4.69, 9.17) is 0 Å². The zero-order valence-electron chi connectivity index (χ0n) is 11.6. The molecule has 0 aromatic heterocycles. The summed E-state index contributed by atoms with van der Waals surface area (Å²) in [4.78, 5) is 15.0. The number of aliphatic hydroxyl groups is 1. The highest BCUT2D eigenvalue weighted by atomic mass is 16.3. The van der Waals surface area contributed by atoms with E-state index in [1.54, 1.807) is 0 Å². The van der Waals surface area contributed by atoms with Crippen LogP contribution in [0, 0.1) is 17.8 Å². The van der Waals surface area contributed by atoms with Crippen molar-refractivity contribution in [2.24, 2.45) is 17.8 Å². The molecule has 2 heterocycles. The maximum absolute atomic E-state index is 12.5. The summed E-state index contributed by atoms with van der Waals surface area (Å²) in [5.41, 5.74) is 1.42.